The Morgan fingerprint density at radius 1 is 0.923 bits per heavy atom. The molecule has 212 valence electrons. The van der Waals surface area contributed by atoms with Crippen molar-refractivity contribution >= 4 is 17.7 Å². The summed E-state index contributed by atoms with van der Waals surface area (Å²) in [6, 6.07) is 10.5. The standard InChI is InChI=1S/C31H42N2O6/c1-4-39-30(34)29(24-32)27-21-26(22-31(2,3)23-27)6-5-25-7-9-28(10-8-25)33-11-13-35-15-17-37-19-20-38-18-16-36-14-12-33/h5-10,21H,4,11-20,22-23H2,1-3H3/b6-5+,29-27+. The van der Waals surface area contributed by atoms with E-state index in [1.54, 1.807) is 6.92 Å². The molecule has 0 aromatic heterocycles. The highest BCUT2D eigenvalue weighted by Gasteiger charge is 2.28. The van der Waals surface area contributed by atoms with Gasteiger partial charge in [-0.25, -0.2) is 4.79 Å². The quantitative estimate of drug-likeness (QED) is 0.302. The monoisotopic (exact) mass is 538 g/mol. The van der Waals surface area contributed by atoms with E-state index in [4.69, 9.17) is 23.7 Å². The number of carbonyl (C=O) groups excluding carboxylic acids is 1. The fraction of sp³-hybridized carbons (Fsp3) is 0.548. The molecule has 1 saturated heterocycles. The molecule has 8 heteroatoms. The predicted octanol–water partition coefficient (Wildman–Crippen LogP) is 4.72. The molecule has 2 aliphatic rings. The molecule has 0 atom stereocenters. The highest BCUT2D eigenvalue weighted by Crippen LogP contribution is 2.39. The minimum absolute atomic E-state index is 0.0666. The summed E-state index contributed by atoms with van der Waals surface area (Å²) in [7, 11) is 0. The number of rotatable bonds is 5. The number of hydrogen-bond acceptors (Lipinski definition) is 8. The van der Waals surface area contributed by atoms with Gasteiger partial charge in [-0.15, -0.1) is 0 Å². The Hall–Kier alpha value is -2.96. The summed E-state index contributed by atoms with van der Waals surface area (Å²) in [6.07, 6.45) is 7.63. The van der Waals surface area contributed by atoms with E-state index < -0.39 is 5.97 Å². The number of ether oxygens (including phenoxy) is 5. The van der Waals surface area contributed by atoms with Gasteiger partial charge in [-0.05, 0) is 54.0 Å². The Labute approximate surface area is 232 Å². The number of benzene rings is 1. The van der Waals surface area contributed by atoms with Crippen molar-refractivity contribution in [1.82, 2.24) is 0 Å². The molecule has 3 rings (SSSR count). The van der Waals surface area contributed by atoms with E-state index >= 15 is 0 Å². The number of nitriles is 1. The zero-order valence-corrected chi connectivity index (χ0v) is 23.6. The summed E-state index contributed by atoms with van der Waals surface area (Å²) < 4.78 is 27.6. The topological polar surface area (TPSA) is 90.3 Å². The van der Waals surface area contributed by atoms with Crippen molar-refractivity contribution in [1.29, 1.82) is 5.26 Å². The zero-order valence-electron chi connectivity index (χ0n) is 23.6. The van der Waals surface area contributed by atoms with Crippen molar-refractivity contribution in [2.75, 3.05) is 77.5 Å². The van der Waals surface area contributed by atoms with Gasteiger partial charge >= 0.3 is 5.97 Å². The molecule has 39 heavy (non-hydrogen) atoms. The first kappa shape index (κ1) is 30.6. The zero-order chi connectivity index (χ0) is 27.9. The lowest BCUT2D eigenvalue weighted by atomic mass is 9.74. The fourth-order valence-corrected chi connectivity index (χ4v) is 4.66. The third-order valence-corrected chi connectivity index (χ3v) is 6.50. The van der Waals surface area contributed by atoms with Crippen LogP contribution in [0.4, 0.5) is 5.69 Å². The van der Waals surface area contributed by atoms with Crippen LogP contribution in [0.3, 0.4) is 0 Å². The average molecular weight is 539 g/mol. The summed E-state index contributed by atoms with van der Waals surface area (Å²) in [5.41, 5.74) is 4.02. The molecule has 1 aliphatic heterocycles. The molecule has 0 radical (unpaired) electrons. The highest BCUT2D eigenvalue weighted by molar-refractivity contribution is 5.94. The van der Waals surface area contributed by atoms with E-state index in [1.165, 1.54) is 0 Å². The number of allylic oxidation sites excluding steroid dienone is 4. The maximum atomic E-state index is 12.3. The minimum atomic E-state index is -0.552. The van der Waals surface area contributed by atoms with Crippen molar-refractivity contribution in [2.45, 2.75) is 33.6 Å². The largest absolute Gasteiger partial charge is 0.462 e. The fourth-order valence-electron chi connectivity index (χ4n) is 4.66. The van der Waals surface area contributed by atoms with Crippen LogP contribution in [0.25, 0.3) is 6.08 Å². The molecular formula is C31H42N2O6. The molecule has 1 heterocycles. The molecule has 0 bridgehead atoms. The SMILES string of the molecule is CCOC(=O)/C(C#N)=C1C=C(/C=C/c2ccc(N3CCOCCOCCOCCOCC3)cc2)CC(C)(C)C\1. The summed E-state index contributed by atoms with van der Waals surface area (Å²) in [5.74, 6) is -0.552. The van der Waals surface area contributed by atoms with E-state index in [0.29, 0.717) is 59.3 Å². The van der Waals surface area contributed by atoms with Gasteiger partial charge in [0.2, 0.25) is 0 Å². The second-order valence-corrected chi connectivity index (χ2v) is 10.3. The van der Waals surface area contributed by atoms with Gasteiger partial charge in [0.25, 0.3) is 0 Å². The average Bonchev–Trinajstić information content (AvgIpc) is 2.92. The van der Waals surface area contributed by atoms with Gasteiger partial charge in [-0.2, -0.15) is 5.26 Å². The lowest BCUT2D eigenvalue weighted by molar-refractivity contribution is -0.138. The third-order valence-electron chi connectivity index (χ3n) is 6.50. The van der Waals surface area contributed by atoms with Gasteiger partial charge in [-0.1, -0.05) is 44.2 Å². The molecule has 8 nitrogen and oxygen atoms in total. The number of anilines is 1. The van der Waals surface area contributed by atoms with Crippen LogP contribution in [0.2, 0.25) is 0 Å². The first-order valence-corrected chi connectivity index (χ1v) is 13.8. The second-order valence-electron chi connectivity index (χ2n) is 10.3. The Bertz CT molecular complexity index is 1040. The summed E-state index contributed by atoms with van der Waals surface area (Å²) in [6.45, 7) is 12.4. The molecular weight excluding hydrogens is 496 g/mol. The molecule has 0 amide bonds. The lowest BCUT2D eigenvalue weighted by Crippen LogP contribution is -2.31. The number of nitrogens with zero attached hydrogens (tertiary/aromatic N) is 2. The van der Waals surface area contributed by atoms with E-state index in [-0.39, 0.29) is 17.6 Å². The van der Waals surface area contributed by atoms with E-state index in [1.807, 2.05) is 6.08 Å². The van der Waals surface area contributed by atoms with Crippen molar-refractivity contribution in [3.05, 3.63) is 58.7 Å². The lowest BCUT2D eigenvalue weighted by Gasteiger charge is -2.30. The van der Waals surface area contributed by atoms with Crippen LogP contribution >= 0.6 is 0 Å². The maximum Gasteiger partial charge on any atom is 0.349 e. The number of esters is 1. The van der Waals surface area contributed by atoms with Crippen molar-refractivity contribution in [3.8, 4) is 6.07 Å². The predicted molar refractivity (Wildman–Crippen MR) is 151 cm³/mol. The maximum absolute atomic E-state index is 12.3. The van der Waals surface area contributed by atoms with Gasteiger partial charge < -0.3 is 28.6 Å². The second kappa shape index (κ2) is 16.2. The van der Waals surface area contributed by atoms with Gasteiger partial charge in [0, 0.05) is 18.8 Å². The molecule has 0 N–H and O–H groups in total. The summed E-state index contributed by atoms with van der Waals surface area (Å²) in [4.78, 5) is 14.6. The van der Waals surface area contributed by atoms with Crippen molar-refractivity contribution < 1.29 is 28.5 Å². The molecule has 1 aliphatic carbocycles. The Kier molecular flexibility index (Phi) is 12.7. The van der Waals surface area contributed by atoms with Crippen LogP contribution in [0, 0.1) is 16.7 Å². The van der Waals surface area contributed by atoms with Crippen LogP contribution in [0.15, 0.2) is 53.1 Å². The molecule has 1 aromatic carbocycles. The number of hydrogen-bond donors (Lipinski definition) is 0. The minimum Gasteiger partial charge on any atom is -0.462 e. The number of carbonyl (C=O) groups is 1. The normalized spacial score (nSPS) is 21.3. The molecule has 1 aromatic rings. The van der Waals surface area contributed by atoms with Crippen LogP contribution in [-0.2, 0) is 28.5 Å². The third kappa shape index (κ3) is 10.6. The Morgan fingerprint density at radius 2 is 1.49 bits per heavy atom. The highest BCUT2D eigenvalue weighted by atomic mass is 16.6. The molecule has 0 unspecified atom stereocenters. The van der Waals surface area contributed by atoms with Crippen LogP contribution < -0.4 is 4.90 Å². The van der Waals surface area contributed by atoms with Gasteiger partial charge in [0.05, 0.1) is 59.5 Å². The first-order valence-electron chi connectivity index (χ1n) is 13.8. The Morgan fingerprint density at radius 3 is 2.03 bits per heavy atom. The van der Waals surface area contributed by atoms with Crippen LogP contribution in [0.1, 0.15) is 39.2 Å². The van der Waals surface area contributed by atoms with Crippen molar-refractivity contribution in [3.63, 3.8) is 0 Å². The van der Waals surface area contributed by atoms with E-state index in [9.17, 15) is 10.1 Å². The van der Waals surface area contributed by atoms with Gasteiger partial charge in [-0.3, -0.25) is 0 Å². The smallest absolute Gasteiger partial charge is 0.349 e. The van der Waals surface area contributed by atoms with E-state index in [0.717, 1.165) is 41.9 Å². The van der Waals surface area contributed by atoms with Gasteiger partial charge in [0.15, 0.2) is 0 Å². The Balaban J connectivity index is 1.69. The van der Waals surface area contributed by atoms with Crippen molar-refractivity contribution in [2.24, 2.45) is 5.41 Å². The van der Waals surface area contributed by atoms with Crippen LogP contribution in [-0.4, -0.2) is 78.5 Å². The molecule has 1 fully saturated rings. The van der Waals surface area contributed by atoms with Gasteiger partial charge in [0.1, 0.15) is 11.6 Å². The summed E-state index contributed by atoms with van der Waals surface area (Å²) >= 11 is 0. The molecule has 0 saturated carbocycles. The van der Waals surface area contributed by atoms with E-state index in [2.05, 4.69) is 61.2 Å². The van der Waals surface area contributed by atoms with Crippen LogP contribution in [0.5, 0.6) is 0 Å². The molecule has 0 spiro atoms. The first-order chi connectivity index (χ1) is 18.9. The summed E-state index contributed by atoms with van der Waals surface area (Å²) in [5, 5.41) is 9.61.